The average molecular weight is 311 g/mol. The Morgan fingerprint density at radius 2 is 2.31 bits per heavy atom. The molecule has 1 aromatic heterocycles. The second-order valence-electron chi connectivity index (χ2n) is 2.17. The number of carbonyl (C=O) groups is 1. The van der Waals surface area contributed by atoms with E-state index < -0.39 is 0 Å². The van der Waals surface area contributed by atoms with E-state index in [0.717, 1.165) is 0 Å². The highest BCUT2D eigenvalue weighted by molar-refractivity contribution is 9.09. The lowest BCUT2D eigenvalue weighted by Crippen LogP contribution is -2.00. The zero-order valence-corrected chi connectivity index (χ0v) is 10.3. The molecule has 0 unspecified atom stereocenters. The Balaban J connectivity index is 0.00000144. The van der Waals surface area contributed by atoms with E-state index in [1.165, 1.54) is 6.20 Å². The van der Waals surface area contributed by atoms with Crippen LogP contribution < -0.4 is 4.74 Å². The summed E-state index contributed by atoms with van der Waals surface area (Å²) in [6, 6.07) is 1.66. The summed E-state index contributed by atoms with van der Waals surface area (Å²) < 4.78 is 4.92. The third-order valence-electron chi connectivity index (χ3n) is 1.39. The molecule has 0 N–H and O–H groups in total. The number of hydrogen-bond acceptors (Lipinski definition) is 3. The van der Waals surface area contributed by atoms with Gasteiger partial charge in [-0.05, 0) is 6.07 Å². The van der Waals surface area contributed by atoms with E-state index >= 15 is 0 Å². The number of rotatable bonds is 3. The first-order valence-corrected chi connectivity index (χ1v) is 4.48. The van der Waals surface area contributed by atoms with Gasteiger partial charge in [0.05, 0.1) is 18.6 Å². The lowest BCUT2D eigenvalue weighted by Gasteiger charge is -2.00. The maximum atomic E-state index is 11.1. The van der Waals surface area contributed by atoms with Crippen LogP contribution in [0.25, 0.3) is 0 Å². The van der Waals surface area contributed by atoms with Gasteiger partial charge in [-0.3, -0.25) is 9.78 Å². The first-order valence-electron chi connectivity index (χ1n) is 3.36. The Labute approximate surface area is 95.4 Å². The molecule has 0 saturated heterocycles. The molecular weight excluding hydrogens is 302 g/mol. The largest absolute Gasteiger partial charge is 0.495 e. The van der Waals surface area contributed by atoms with Gasteiger partial charge in [0, 0.05) is 11.8 Å². The maximum Gasteiger partial charge on any atom is 0.175 e. The number of aromatic nitrogens is 1. The molecule has 72 valence electrons. The van der Waals surface area contributed by atoms with Gasteiger partial charge in [0.2, 0.25) is 0 Å². The zero-order valence-electron chi connectivity index (χ0n) is 6.99. The van der Waals surface area contributed by atoms with Crippen LogP contribution in [0.5, 0.6) is 5.75 Å². The standard InChI is InChI=1S/C8H8BrNO2.BrH/c1-12-7-2-6(4-10-5-7)8(11)3-9;/h2,4-5H,3H2,1H3;1H. The van der Waals surface area contributed by atoms with E-state index in [-0.39, 0.29) is 22.8 Å². The minimum absolute atomic E-state index is 0. The monoisotopic (exact) mass is 309 g/mol. The highest BCUT2D eigenvalue weighted by Crippen LogP contribution is 2.11. The molecule has 0 aliphatic heterocycles. The van der Waals surface area contributed by atoms with Crippen molar-refractivity contribution in [3.05, 3.63) is 24.0 Å². The van der Waals surface area contributed by atoms with Crippen molar-refractivity contribution in [3.8, 4) is 5.75 Å². The summed E-state index contributed by atoms with van der Waals surface area (Å²) in [6.45, 7) is 0. The van der Waals surface area contributed by atoms with E-state index in [2.05, 4.69) is 20.9 Å². The highest BCUT2D eigenvalue weighted by Gasteiger charge is 2.04. The van der Waals surface area contributed by atoms with Crippen molar-refractivity contribution in [3.63, 3.8) is 0 Å². The van der Waals surface area contributed by atoms with Gasteiger partial charge in [-0.1, -0.05) is 15.9 Å². The minimum Gasteiger partial charge on any atom is -0.495 e. The van der Waals surface area contributed by atoms with E-state index in [0.29, 0.717) is 16.6 Å². The molecule has 0 bridgehead atoms. The fourth-order valence-electron chi connectivity index (χ4n) is 0.760. The molecule has 1 aromatic rings. The van der Waals surface area contributed by atoms with Gasteiger partial charge in [0.25, 0.3) is 0 Å². The van der Waals surface area contributed by atoms with Crippen LogP contribution in [0.4, 0.5) is 0 Å². The second-order valence-corrected chi connectivity index (χ2v) is 2.73. The Hall–Kier alpha value is -0.420. The second kappa shape index (κ2) is 6.10. The van der Waals surface area contributed by atoms with Gasteiger partial charge >= 0.3 is 0 Å². The van der Waals surface area contributed by atoms with Crippen molar-refractivity contribution in [1.29, 1.82) is 0 Å². The Morgan fingerprint density at radius 1 is 1.62 bits per heavy atom. The van der Waals surface area contributed by atoms with E-state index in [1.54, 1.807) is 19.4 Å². The van der Waals surface area contributed by atoms with Crippen LogP contribution in [0.2, 0.25) is 0 Å². The quantitative estimate of drug-likeness (QED) is 0.635. The van der Waals surface area contributed by atoms with Crippen LogP contribution in [-0.2, 0) is 0 Å². The van der Waals surface area contributed by atoms with Crippen LogP contribution in [-0.4, -0.2) is 23.2 Å². The van der Waals surface area contributed by atoms with Crippen molar-refractivity contribution in [1.82, 2.24) is 4.98 Å². The number of ether oxygens (including phenoxy) is 1. The lowest BCUT2D eigenvalue weighted by atomic mass is 10.2. The van der Waals surface area contributed by atoms with Crippen LogP contribution in [0.15, 0.2) is 18.5 Å². The van der Waals surface area contributed by atoms with Crippen LogP contribution in [0.1, 0.15) is 10.4 Å². The van der Waals surface area contributed by atoms with Gasteiger partial charge in [0.1, 0.15) is 5.75 Å². The van der Waals surface area contributed by atoms with Crippen LogP contribution in [0.3, 0.4) is 0 Å². The van der Waals surface area contributed by atoms with E-state index in [4.69, 9.17) is 4.74 Å². The number of Topliss-reactive ketones (excluding diaryl/α,β-unsaturated/α-hetero) is 1. The van der Waals surface area contributed by atoms with E-state index in [9.17, 15) is 4.79 Å². The number of pyridine rings is 1. The van der Waals surface area contributed by atoms with Crippen molar-refractivity contribution < 1.29 is 9.53 Å². The fraction of sp³-hybridized carbons (Fsp3) is 0.250. The number of carbonyl (C=O) groups excluding carboxylic acids is 1. The van der Waals surface area contributed by atoms with Crippen molar-refractivity contribution in [2.24, 2.45) is 0 Å². The molecule has 3 nitrogen and oxygen atoms in total. The van der Waals surface area contributed by atoms with Crippen LogP contribution in [0, 0.1) is 0 Å². The first-order chi connectivity index (χ1) is 5.77. The molecule has 0 spiro atoms. The summed E-state index contributed by atoms with van der Waals surface area (Å²) in [7, 11) is 1.54. The number of ketones is 1. The van der Waals surface area contributed by atoms with Gasteiger partial charge in [-0.25, -0.2) is 0 Å². The lowest BCUT2D eigenvalue weighted by molar-refractivity contribution is 0.102. The molecule has 0 saturated carbocycles. The van der Waals surface area contributed by atoms with Gasteiger partial charge < -0.3 is 4.74 Å². The average Bonchev–Trinajstić information content (AvgIpc) is 2.17. The van der Waals surface area contributed by atoms with Gasteiger partial charge in [-0.15, -0.1) is 17.0 Å². The van der Waals surface area contributed by atoms with Crippen LogP contribution >= 0.6 is 32.9 Å². The van der Waals surface area contributed by atoms with Crippen molar-refractivity contribution >= 4 is 38.7 Å². The fourth-order valence-corrected chi connectivity index (χ4v) is 1.08. The summed E-state index contributed by atoms with van der Waals surface area (Å²) in [4.78, 5) is 15.0. The number of alkyl halides is 1. The van der Waals surface area contributed by atoms with Crippen molar-refractivity contribution in [2.45, 2.75) is 0 Å². The molecule has 13 heavy (non-hydrogen) atoms. The number of hydrogen-bond donors (Lipinski definition) is 0. The van der Waals surface area contributed by atoms with Gasteiger partial charge in [-0.2, -0.15) is 0 Å². The molecule has 5 heteroatoms. The molecule has 0 amide bonds. The SMILES string of the molecule is Br.COc1cncc(C(=O)CBr)c1. The Morgan fingerprint density at radius 3 is 2.85 bits per heavy atom. The third-order valence-corrected chi connectivity index (χ3v) is 1.90. The first kappa shape index (κ1) is 12.6. The summed E-state index contributed by atoms with van der Waals surface area (Å²) >= 11 is 3.08. The molecule has 1 rings (SSSR count). The smallest absolute Gasteiger partial charge is 0.175 e. The van der Waals surface area contributed by atoms with Crippen molar-refractivity contribution in [2.75, 3.05) is 12.4 Å². The predicted molar refractivity (Wildman–Crippen MR) is 59.2 cm³/mol. The minimum atomic E-state index is 0. The normalized spacial score (nSPS) is 8.77. The molecular formula is C8H9Br2NO2. The zero-order chi connectivity index (χ0) is 8.97. The molecule has 0 radical (unpaired) electrons. The third kappa shape index (κ3) is 3.44. The summed E-state index contributed by atoms with van der Waals surface area (Å²) in [5.74, 6) is 0.600. The number of methoxy groups -OCH3 is 1. The van der Waals surface area contributed by atoms with Gasteiger partial charge in [0.15, 0.2) is 5.78 Å². The molecule has 0 aromatic carbocycles. The summed E-state index contributed by atoms with van der Waals surface area (Å²) in [5.41, 5.74) is 0.561. The Bertz CT molecular complexity index is 291. The maximum absolute atomic E-state index is 11.1. The molecule has 0 aliphatic carbocycles. The molecule has 0 atom stereocenters. The van der Waals surface area contributed by atoms with E-state index in [1.807, 2.05) is 0 Å². The summed E-state index contributed by atoms with van der Waals surface area (Å²) in [5, 5.41) is 0.307. The molecule has 0 aliphatic rings. The highest BCUT2D eigenvalue weighted by atomic mass is 79.9. The molecule has 0 fully saturated rings. The molecule has 1 heterocycles. The summed E-state index contributed by atoms with van der Waals surface area (Å²) in [6.07, 6.45) is 3.08. The Kier molecular flexibility index (Phi) is 5.90. The number of nitrogens with zero attached hydrogens (tertiary/aromatic N) is 1. The predicted octanol–water partition coefficient (Wildman–Crippen LogP) is 2.25. The topological polar surface area (TPSA) is 39.2 Å². The number of halogens is 2.